The van der Waals surface area contributed by atoms with Crippen LogP contribution in [0.5, 0.6) is 0 Å². The van der Waals surface area contributed by atoms with Gasteiger partial charge in [-0.05, 0) is 38.0 Å². The molecule has 10 nitrogen and oxygen atoms in total. The van der Waals surface area contributed by atoms with Crippen molar-refractivity contribution >= 4 is 11.7 Å². The molecule has 10 heteroatoms. The summed E-state index contributed by atoms with van der Waals surface area (Å²) in [6, 6.07) is 6.89. The molecule has 4 heterocycles. The SMILES string of the molecule is Cc1c(-n2cnc(C3CC3)c2)cc(C(=O)Nc2cccc(-n3cnnc3C(C)C)n2)c(=O)n1C. The van der Waals surface area contributed by atoms with Crippen molar-refractivity contribution in [1.29, 1.82) is 0 Å². The van der Waals surface area contributed by atoms with Crippen LogP contribution in [0.15, 0.2) is 47.9 Å². The Labute approximate surface area is 196 Å². The van der Waals surface area contributed by atoms with Crippen molar-refractivity contribution < 1.29 is 4.79 Å². The molecule has 0 atom stereocenters. The molecule has 174 valence electrons. The van der Waals surface area contributed by atoms with Gasteiger partial charge in [-0.3, -0.25) is 14.2 Å². The molecule has 0 radical (unpaired) electrons. The Hall–Kier alpha value is -4.08. The van der Waals surface area contributed by atoms with E-state index in [0.717, 1.165) is 35.7 Å². The van der Waals surface area contributed by atoms with Gasteiger partial charge in [0.2, 0.25) is 0 Å². The minimum absolute atomic E-state index is 0.0316. The van der Waals surface area contributed by atoms with E-state index in [0.29, 0.717) is 17.6 Å². The lowest BCUT2D eigenvalue weighted by molar-refractivity contribution is 0.102. The number of hydrogen-bond acceptors (Lipinski definition) is 6. The number of anilines is 1. The van der Waals surface area contributed by atoms with Gasteiger partial charge in [0.05, 0.1) is 17.7 Å². The third kappa shape index (κ3) is 3.91. The summed E-state index contributed by atoms with van der Waals surface area (Å²) in [5.41, 5.74) is 2.17. The summed E-state index contributed by atoms with van der Waals surface area (Å²) in [6.45, 7) is 5.89. The van der Waals surface area contributed by atoms with Crippen molar-refractivity contribution in [3.8, 4) is 11.5 Å². The minimum Gasteiger partial charge on any atom is -0.313 e. The second-order valence-corrected chi connectivity index (χ2v) is 8.92. The standard InChI is InChI=1S/C24H26N8O2/c1-14(2)22-29-26-13-32(22)21-7-5-6-20(27-21)28-23(33)17-10-19(15(3)30(4)24(17)34)31-11-18(25-12-31)16-8-9-16/h5-7,10-14,16H,8-9H2,1-4H3,(H,27,28,33). The van der Waals surface area contributed by atoms with Gasteiger partial charge in [-0.1, -0.05) is 19.9 Å². The second-order valence-electron chi connectivity index (χ2n) is 8.92. The minimum atomic E-state index is -0.526. The lowest BCUT2D eigenvalue weighted by Gasteiger charge is -2.14. The van der Waals surface area contributed by atoms with E-state index in [2.05, 4.69) is 25.5 Å². The number of nitrogens with zero attached hydrogens (tertiary/aromatic N) is 7. The molecule has 1 amide bonds. The highest BCUT2D eigenvalue weighted by Gasteiger charge is 2.26. The van der Waals surface area contributed by atoms with Crippen molar-refractivity contribution in [2.45, 2.75) is 45.4 Å². The third-order valence-corrected chi connectivity index (χ3v) is 6.12. The van der Waals surface area contributed by atoms with Crippen LogP contribution >= 0.6 is 0 Å². The monoisotopic (exact) mass is 458 g/mol. The molecule has 0 bridgehead atoms. The van der Waals surface area contributed by atoms with Crippen molar-refractivity contribution in [3.63, 3.8) is 0 Å². The molecule has 34 heavy (non-hydrogen) atoms. The van der Waals surface area contributed by atoms with Gasteiger partial charge in [-0.15, -0.1) is 10.2 Å². The molecular formula is C24H26N8O2. The average Bonchev–Trinajstić information content (AvgIpc) is 3.33. The molecule has 4 aromatic rings. The topological polar surface area (TPSA) is 113 Å². The Morgan fingerprint density at radius 3 is 2.74 bits per heavy atom. The molecular weight excluding hydrogens is 432 g/mol. The van der Waals surface area contributed by atoms with Crippen molar-refractivity contribution in [1.82, 2.24) is 33.9 Å². The predicted molar refractivity (Wildman–Crippen MR) is 127 cm³/mol. The van der Waals surface area contributed by atoms with Crippen LogP contribution in [-0.2, 0) is 7.05 Å². The van der Waals surface area contributed by atoms with Gasteiger partial charge < -0.3 is 14.5 Å². The maximum Gasteiger partial charge on any atom is 0.263 e. The molecule has 0 spiro atoms. The number of hydrogen-bond donors (Lipinski definition) is 1. The van der Waals surface area contributed by atoms with Crippen molar-refractivity contribution in [3.05, 3.63) is 76.2 Å². The quantitative estimate of drug-likeness (QED) is 0.475. The lowest BCUT2D eigenvalue weighted by Crippen LogP contribution is -2.30. The molecule has 4 aromatic heterocycles. The highest BCUT2D eigenvalue weighted by Crippen LogP contribution is 2.39. The Morgan fingerprint density at radius 2 is 2.00 bits per heavy atom. The Balaban J connectivity index is 1.46. The van der Waals surface area contributed by atoms with E-state index in [-0.39, 0.29) is 17.0 Å². The summed E-state index contributed by atoms with van der Waals surface area (Å²) >= 11 is 0. The largest absolute Gasteiger partial charge is 0.313 e. The molecule has 1 saturated carbocycles. The van der Waals surface area contributed by atoms with Gasteiger partial charge in [-0.2, -0.15) is 0 Å². The molecule has 1 fully saturated rings. The van der Waals surface area contributed by atoms with Gasteiger partial charge in [0, 0.05) is 30.8 Å². The van der Waals surface area contributed by atoms with E-state index in [1.54, 1.807) is 42.5 Å². The van der Waals surface area contributed by atoms with Gasteiger partial charge in [0.25, 0.3) is 11.5 Å². The molecule has 0 aromatic carbocycles. The molecule has 0 aliphatic heterocycles. The molecule has 1 aliphatic rings. The van der Waals surface area contributed by atoms with Crippen LogP contribution in [0.3, 0.4) is 0 Å². The molecule has 0 saturated heterocycles. The first-order valence-electron chi connectivity index (χ1n) is 11.3. The fraction of sp³-hybridized carbons (Fsp3) is 0.333. The Kier molecular flexibility index (Phi) is 5.35. The van der Waals surface area contributed by atoms with Crippen LogP contribution in [0.2, 0.25) is 0 Å². The number of nitrogens with one attached hydrogen (secondary N) is 1. The van der Waals surface area contributed by atoms with E-state index in [9.17, 15) is 9.59 Å². The zero-order valence-corrected chi connectivity index (χ0v) is 19.6. The molecule has 5 rings (SSSR count). The van der Waals surface area contributed by atoms with E-state index in [1.807, 2.05) is 37.6 Å². The fourth-order valence-corrected chi connectivity index (χ4v) is 3.92. The van der Waals surface area contributed by atoms with Gasteiger partial charge >= 0.3 is 0 Å². The van der Waals surface area contributed by atoms with Crippen LogP contribution in [0.25, 0.3) is 11.5 Å². The van der Waals surface area contributed by atoms with E-state index < -0.39 is 5.91 Å². The number of carbonyl (C=O) groups excluding carboxylic acids is 1. The van der Waals surface area contributed by atoms with Gasteiger partial charge in [0.15, 0.2) is 0 Å². The van der Waals surface area contributed by atoms with Crippen LogP contribution < -0.4 is 10.9 Å². The van der Waals surface area contributed by atoms with Crippen LogP contribution in [-0.4, -0.2) is 39.8 Å². The third-order valence-electron chi connectivity index (χ3n) is 6.12. The van der Waals surface area contributed by atoms with Crippen molar-refractivity contribution in [2.24, 2.45) is 7.05 Å². The smallest absolute Gasteiger partial charge is 0.263 e. The summed E-state index contributed by atoms with van der Waals surface area (Å²) < 4.78 is 5.13. The van der Waals surface area contributed by atoms with Gasteiger partial charge in [0.1, 0.15) is 29.4 Å². The highest BCUT2D eigenvalue weighted by molar-refractivity contribution is 6.04. The van der Waals surface area contributed by atoms with Gasteiger partial charge in [-0.25, -0.2) is 9.97 Å². The number of imidazole rings is 1. The van der Waals surface area contributed by atoms with Crippen LogP contribution in [0.1, 0.15) is 66.1 Å². The highest BCUT2D eigenvalue weighted by atomic mass is 16.2. The second kappa shape index (κ2) is 8.36. The average molecular weight is 459 g/mol. The van der Waals surface area contributed by atoms with E-state index >= 15 is 0 Å². The number of rotatable bonds is 6. The summed E-state index contributed by atoms with van der Waals surface area (Å²) in [5.74, 6) is 1.81. The first-order valence-corrected chi connectivity index (χ1v) is 11.3. The maximum absolute atomic E-state index is 13.2. The summed E-state index contributed by atoms with van der Waals surface area (Å²) in [4.78, 5) is 35.1. The lowest BCUT2D eigenvalue weighted by atomic mass is 10.2. The summed E-state index contributed by atoms with van der Waals surface area (Å²) in [7, 11) is 1.66. The summed E-state index contributed by atoms with van der Waals surface area (Å²) in [5, 5.41) is 10.9. The Bertz CT molecular complexity index is 1440. The van der Waals surface area contributed by atoms with E-state index in [4.69, 9.17) is 0 Å². The number of carbonyl (C=O) groups is 1. The number of amides is 1. The molecule has 0 unspecified atom stereocenters. The zero-order chi connectivity index (χ0) is 24.0. The molecule has 1 N–H and O–H groups in total. The first-order chi connectivity index (χ1) is 16.3. The molecule has 1 aliphatic carbocycles. The first kappa shape index (κ1) is 21.7. The van der Waals surface area contributed by atoms with Crippen LogP contribution in [0, 0.1) is 6.92 Å². The van der Waals surface area contributed by atoms with E-state index in [1.165, 1.54) is 4.57 Å². The number of aromatic nitrogens is 7. The summed E-state index contributed by atoms with van der Waals surface area (Å²) in [6.07, 6.45) is 7.60. The zero-order valence-electron chi connectivity index (χ0n) is 19.6. The maximum atomic E-state index is 13.2. The fourth-order valence-electron chi connectivity index (χ4n) is 3.92. The normalized spacial score (nSPS) is 13.4. The number of pyridine rings is 2. The van der Waals surface area contributed by atoms with Crippen LogP contribution in [0.4, 0.5) is 5.82 Å². The Morgan fingerprint density at radius 1 is 1.21 bits per heavy atom. The van der Waals surface area contributed by atoms with Crippen molar-refractivity contribution in [2.75, 3.05) is 5.32 Å². The predicted octanol–water partition coefficient (Wildman–Crippen LogP) is 3.11.